The fourth-order valence-corrected chi connectivity index (χ4v) is 4.15. The second-order valence-corrected chi connectivity index (χ2v) is 9.84. The van der Waals surface area contributed by atoms with Crippen molar-refractivity contribution in [2.24, 2.45) is 0 Å². The molecule has 1 N–H and O–H groups in total. The van der Waals surface area contributed by atoms with Crippen LogP contribution in [0.2, 0.25) is 0 Å². The number of urea groups is 1. The van der Waals surface area contributed by atoms with E-state index >= 15 is 0 Å². The molecule has 3 heterocycles. The van der Waals surface area contributed by atoms with Crippen molar-refractivity contribution in [2.75, 3.05) is 43.9 Å². The number of aromatic nitrogens is 2. The van der Waals surface area contributed by atoms with Crippen LogP contribution in [0.25, 0.3) is 22.2 Å². The Balaban J connectivity index is 1.62. The van der Waals surface area contributed by atoms with Gasteiger partial charge < -0.3 is 19.0 Å². The van der Waals surface area contributed by atoms with E-state index in [1.165, 1.54) is 23.4 Å². The molecule has 0 unspecified atom stereocenters. The molecule has 0 aliphatic carbocycles. The third-order valence-corrected chi connectivity index (χ3v) is 5.78. The molecule has 1 fully saturated rings. The monoisotopic (exact) mass is 531 g/mol. The van der Waals surface area contributed by atoms with Gasteiger partial charge in [0.25, 0.3) is 0 Å². The summed E-state index contributed by atoms with van der Waals surface area (Å²) in [5, 5.41) is 0.484. The highest BCUT2D eigenvalue weighted by Gasteiger charge is 2.29. The van der Waals surface area contributed by atoms with Crippen molar-refractivity contribution in [3.05, 3.63) is 42.2 Å². The molecule has 10 nitrogen and oxygen atoms in total. The summed E-state index contributed by atoms with van der Waals surface area (Å²) in [5.41, 5.74) is 0.825. The second-order valence-electron chi connectivity index (χ2n) is 8.09. The molecule has 4 rings (SSSR count). The lowest BCUT2D eigenvalue weighted by Gasteiger charge is -2.35. The minimum atomic E-state index is -4.50. The first-order chi connectivity index (χ1) is 16.9. The maximum Gasteiger partial charge on any atom is 0.411 e. The molecule has 1 aliphatic heterocycles. The minimum Gasteiger partial charge on any atom is -0.461 e. The molecule has 0 saturated carbocycles. The summed E-state index contributed by atoms with van der Waals surface area (Å²) < 4.78 is 86.4. The van der Waals surface area contributed by atoms with Crippen LogP contribution in [0.3, 0.4) is 0 Å². The van der Waals surface area contributed by atoms with Gasteiger partial charge in [-0.1, -0.05) is 0 Å². The van der Waals surface area contributed by atoms with Gasteiger partial charge in [-0.2, -0.15) is 13.2 Å². The van der Waals surface area contributed by atoms with Crippen molar-refractivity contribution < 1.29 is 39.9 Å². The van der Waals surface area contributed by atoms with E-state index in [0.717, 1.165) is 6.26 Å². The van der Waals surface area contributed by atoms with E-state index in [-0.39, 0.29) is 49.0 Å². The predicted molar refractivity (Wildman–Crippen MR) is 120 cm³/mol. The maximum absolute atomic E-state index is 14.6. The Morgan fingerprint density at radius 1 is 1.22 bits per heavy atom. The zero-order chi connectivity index (χ0) is 26.1. The van der Waals surface area contributed by atoms with Crippen molar-refractivity contribution in [1.82, 2.24) is 19.6 Å². The number of sulfonamides is 1. The molecule has 1 aromatic carbocycles. The van der Waals surface area contributed by atoms with Gasteiger partial charge in [0.05, 0.1) is 31.0 Å². The molecule has 15 heteroatoms. The fraction of sp³-hybridized carbons (Fsp3) is 0.381. The Morgan fingerprint density at radius 3 is 2.61 bits per heavy atom. The van der Waals surface area contributed by atoms with Crippen LogP contribution in [0.1, 0.15) is 5.69 Å². The SMILES string of the molecule is CS(=O)(=O)NC(=O)N1CCN(c2nc(COCC(F)(F)F)cnc2-c2cc(F)c3occc3c2)CC1. The van der Waals surface area contributed by atoms with E-state index in [4.69, 9.17) is 9.15 Å². The first-order valence-electron chi connectivity index (χ1n) is 10.6. The molecule has 1 saturated heterocycles. The van der Waals surface area contributed by atoms with Crippen molar-refractivity contribution >= 4 is 32.8 Å². The largest absolute Gasteiger partial charge is 0.461 e. The summed E-state index contributed by atoms with van der Waals surface area (Å²) >= 11 is 0. The van der Waals surface area contributed by atoms with Gasteiger partial charge in [0, 0.05) is 37.1 Å². The summed E-state index contributed by atoms with van der Waals surface area (Å²) in [6.07, 6.45) is -1.05. The summed E-state index contributed by atoms with van der Waals surface area (Å²) in [6, 6.07) is 3.67. The number of carbonyl (C=O) groups is 1. The van der Waals surface area contributed by atoms with Crippen LogP contribution in [0.15, 0.2) is 35.1 Å². The fourth-order valence-electron chi connectivity index (χ4n) is 3.70. The zero-order valence-electron chi connectivity index (χ0n) is 18.9. The Hall–Kier alpha value is -3.46. The Bertz CT molecular complexity index is 1370. The molecule has 2 amide bonds. The van der Waals surface area contributed by atoms with Gasteiger partial charge in [0.1, 0.15) is 12.3 Å². The maximum atomic E-state index is 14.6. The molecule has 0 bridgehead atoms. The third kappa shape index (κ3) is 6.20. The van der Waals surface area contributed by atoms with Gasteiger partial charge in [-0.25, -0.2) is 27.3 Å². The lowest BCUT2D eigenvalue weighted by Crippen LogP contribution is -2.53. The lowest BCUT2D eigenvalue weighted by molar-refractivity contribution is -0.176. The number of benzene rings is 1. The van der Waals surface area contributed by atoms with Crippen molar-refractivity contribution in [1.29, 1.82) is 0 Å². The highest BCUT2D eigenvalue weighted by molar-refractivity contribution is 7.89. The van der Waals surface area contributed by atoms with Crippen LogP contribution in [-0.2, 0) is 21.4 Å². The van der Waals surface area contributed by atoms with E-state index in [0.29, 0.717) is 10.9 Å². The lowest BCUT2D eigenvalue weighted by atomic mass is 10.1. The molecule has 194 valence electrons. The van der Waals surface area contributed by atoms with E-state index in [1.54, 1.807) is 17.0 Å². The number of hydrogen-bond donors (Lipinski definition) is 1. The van der Waals surface area contributed by atoms with E-state index in [2.05, 4.69) is 9.97 Å². The van der Waals surface area contributed by atoms with E-state index < -0.39 is 41.3 Å². The van der Waals surface area contributed by atoms with Crippen LogP contribution < -0.4 is 9.62 Å². The highest BCUT2D eigenvalue weighted by atomic mass is 32.2. The average Bonchev–Trinajstić information content (AvgIpc) is 3.26. The van der Waals surface area contributed by atoms with Crippen LogP contribution >= 0.6 is 0 Å². The van der Waals surface area contributed by atoms with Gasteiger partial charge in [0.15, 0.2) is 17.2 Å². The van der Waals surface area contributed by atoms with E-state index in [9.17, 15) is 30.8 Å². The Labute approximate surface area is 202 Å². The normalized spacial score (nSPS) is 14.9. The molecule has 0 spiro atoms. The number of nitrogens with zero attached hydrogens (tertiary/aromatic N) is 4. The quantitative estimate of drug-likeness (QED) is 0.483. The number of hydrogen-bond acceptors (Lipinski definition) is 8. The number of nitrogens with one attached hydrogen (secondary N) is 1. The number of furan rings is 1. The predicted octanol–water partition coefficient (Wildman–Crippen LogP) is 2.90. The van der Waals surface area contributed by atoms with Crippen LogP contribution in [0.4, 0.5) is 28.2 Å². The van der Waals surface area contributed by atoms with Gasteiger partial charge in [-0.15, -0.1) is 0 Å². The first-order valence-corrected chi connectivity index (χ1v) is 12.5. The van der Waals surface area contributed by atoms with Crippen LogP contribution in [0, 0.1) is 5.82 Å². The van der Waals surface area contributed by atoms with Crippen molar-refractivity contribution in [2.45, 2.75) is 12.8 Å². The molecule has 0 radical (unpaired) electrons. The number of ether oxygens (including phenoxy) is 1. The van der Waals surface area contributed by atoms with Crippen LogP contribution in [0.5, 0.6) is 0 Å². The Morgan fingerprint density at radius 2 is 1.94 bits per heavy atom. The van der Waals surface area contributed by atoms with Gasteiger partial charge in [-0.05, 0) is 18.2 Å². The van der Waals surface area contributed by atoms with E-state index in [1.807, 2.05) is 4.72 Å². The summed E-state index contributed by atoms with van der Waals surface area (Å²) in [6.45, 7) is -1.23. The average molecular weight is 531 g/mol. The number of rotatable bonds is 6. The standard InChI is InChI=1S/C21H21F4N5O5S/c1-36(32,33)28-20(31)30-5-3-29(4-6-30)19-17(14-8-13-2-7-35-18(13)16(22)9-14)26-10-15(27-19)11-34-12-21(23,24)25/h2,7-10H,3-6,11-12H2,1H3,(H,28,31). The molecule has 0 atom stereocenters. The Kier molecular flexibility index (Phi) is 7.04. The summed E-state index contributed by atoms with van der Waals surface area (Å²) in [5.74, 6) is -0.367. The summed E-state index contributed by atoms with van der Waals surface area (Å²) in [7, 11) is -3.74. The topological polar surface area (TPSA) is 118 Å². The van der Waals surface area contributed by atoms with Crippen LogP contribution in [-0.4, -0.2) is 74.5 Å². The number of amides is 2. The zero-order valence-corrected chi connectivity index (χ0v) is 19.7. The molecular formula is C21H21F4N5O5S. The second kappa shape index (κ2) is 9.89. The van der Waals surface area contributed by atoms with Gasteiger partial charge >= 0.3 is 12.2 Å². The summed E-state index contributed by atoms with van der Waals surface area (Å²) in [4.78, 5) is 24.0. The third-order valence-electron chi connectivity index (χ3n) is 5.24. The number of piperazine rings is 1. The number of halogens is 4. The van der Waals surface area contributed by atoms with Crippen molar-refractivity contribution in [3.63, 3.8) is 0 Å². The highest BCUT2D eigenvalue weighted by Crippen LogP contribution is 2.32. The number of anilines is 1. The smallest absolute Gasteiger partial charge is 0.411 e. The molecule has 36 heavy (non-hydrogen) atoms. The molecule has 3 aromatic rings. The molecule has 1 aliphatic rings. The number of carbonyl (C=O) groups excluding carboxylic acids is 1. The number of alkyl halides is 3. The number of fused-ring (bicyclic) bond motifs is 1. The molecule has 2 aromatic heterocycles. The van der Waals surface area contributed by atoms with Gasteiger partial charge in [0.2, 0.25) is 10.0 Å². The molecular weight excluding hydrogens is 510 g/mol. The first kappa shape index (κ1) is 25.6. The minimum absolute atomic E-state index is 0.0657. The van der Waals surface area contributed by atoms with Crippen molar-refractivity contribution in [3.8, 4) is 11.3 Å². The van der Waals surface area contributed by atoms with Gasteiger partial charge in [-0.3, -0.25) is 4.98 Å².